The standard InChI is InChI=1S/C14H10BrIO3/c15-11-3-1-10(2-4-11)9-18-14(17)8-6-12-5-7-13(16)19-12/h1-8H,9H2/b8-6+. The molecule has 2 aromatic rings. The third-order valence-electron chi connectivity index (χ3n) is 2.27. The van der Waals surface area contributed by atoms with E-state index in [0.29, 0.717) is 5.76 Å². The Bertz CT molecular complexity index is 587. The molecule has 1 heterocycles. The zero-order valence-corrected chi connectivity index (χ0v) is 13.6. The van der Waals surface area contributed by atoms with Crippen molar-refractivity contribution in [2.75, 3.05) is 0 Å². The number of furan rings is 1. The summed E-state index contributed by atoms with van der Waals surface area (Å²) in [6.07, 6.45) is 2.94. The van der Waals surface area contributed by atoms with E-state index in [1.54, 1.807) is 12.1 Å². The topological polar surface area (TPSA) is 39.4 Å². The maximum absolute atomic E-state index is 11.5. The van der Waals surface area contributed by atoms with Crippen molar-refractivity contribution in [1.29, 1.82) is 0 Å². The van der Waals surface area contributed by atoms with Crippen LogP contribution in [0.4, 0.5) is 0 Å². The van der Waals surface area contributed by atoms with E-state index in [2.05, 4.69) is 38.5 Å². The molecule has 98 valence electrons. The summed E-state index contributed by atoms with van der Waals surface area (Å²) < 4.78 is 12.2. The van der Waals surface area contributed by atoms with Crippen LogP contribution in [0.2, 0.25) is 0 Å². The molecule has 0 aliphatic rings. The van der Waals surface area contributed by atoms with Crippen LogP contribution in [-0.4, -0.2) is 5.97 Å². The molecule has 0 radical (unpaired) electrons. The zero-order chi connectivity index (χ0) is 13.7. The largest absolute Gasteiger partial charge is 0.458 e. The summed E-state index contributed by atoms with van der Waals surface area (Å²) >= 11 is 5.41. The minimum atomic E-state index is -0.394. The molecule has 0 amide bonds. The Balaban J connectivity index is 1.84. The van der Waals surface area contributed by atoms with E-state index >= 15 is 0 Å². The van der Waals surface area contributed by atoms with E-state index < -0.39 is 5.97 Å². The van der Waals surface area contributed by atoms with Gasteiger partial charge in [-0.15, -0.1) is 0 Å². The van der Waals surface area contributed by atoms with Gasteiger partial charge in [0, 0.05) is 10.5 Å². The van der Waals surface area contributed by atoms with Gasteiger partial charge in [-0.05, 0) is 58.5 Å². The number of esters is 1. The summed E-state index contributed by atoms with van der Waals surface area (Å²) in [5.74, 6) is 0.235. The molecule has 0 unspecified atom stereocenters. The average Bonchev–Trinajstić information content (AvgIpc) is 2.81. The molecule has 1 aromatic heterocycles. The molecule has 0 fully saturated rings. The van der Waals surface area contributed by atoms with Crippen LogP contribution in [0.25, 0.3) is 6.08 Å². The molecule has 0 bridgehead atoms. The fraction of sp³-hybridized carbons (Fsp3) is 0.0714. The monoisotopic (exact) mass is 432 g/mol. The van der Waals surface area contributed by atoms with Gasteiger partial charge in [-0.2, -0.15) is 0 Å². The van der Waals surface area contributed by atoms with Crippen molar-refractivity contribution in [3.05, 3.63) is 62.0 Å². The summed E-state index contributed by atoms with van der Waals surface area (Å²) in [6.45, 7) is 0.256. The lowest BCUT2D eigenvalue weighted by atomic mass is 10.2. The fourth-order valence-electron chi connectivity index (χ4n) is 1.35. The lowest BCUT2D eigenvalue weighted by molar-refractivity contribution is -0.138. The lowest BCUT2D eigenvalue weighted by Crippen LogP contribution is -2.00. The van der Waals surface area contributed by atoms with Gasteiger partial charge < -0.3 is 9.15 Å². The quantitative estimate of drug-likeness (QED) is 0.408. The third-order valence-corrected chi connectivity index (χ3v) is 3.38. The normalized spacial score (nSPS) is 10.8. The zero-order valence-electron chi connectivity index (χ0n) is 9.81. The van der Waals surface area contributed by atoms with Crippen molar-refractivity contribution in [3.8, 4) is 0 Å². The van der Waals surface area contributed by atoms with E-state index in [9.17, 15) is 4.79 Å². The SMILES string of the molecule is O=C(/C=C/c1ccc(I)o1)OCc1ccc(Br)cc1. The number of hydrogen-bond donors (Lipinski definition) is 0. The molecule has 1 aromatic carbocycles. The maximum Gasteiger partial charge on any atom is 0.331 e. The number of benzene rings is 1. The van der Waals surface area contributed by atoms with Gasteiger partial charge in [0.15, 0.2) is 3.77 Å². The van der Waals surface area contributed by atoms with Crippen molar-refractivity contribution in [3.63, 3.8) is 0 Å². The number of hydrogen-bond acceptors (Lipinski definition) is 3. The molecule has 0 spiro atoms. The highest BCUT2D eigenvalue weighted by atomic mass is 127. The van der Waals surface area contributed by atoms with Crippen LogP contribution in [-0.2, 0) is 16.1 Å². The highest BCUT2D eigenvalue weighted by molar-refractivity contribution is 14.1. The average molecular weight is 433 g/mol. The summed E-state index contributed by atoms with van der Waals surface area (Å²) in [5.41, 5.74) is 0.942. The Labute approximate surface area is 132 Å². The predicted molar refractivity (Wildman–Crippen MR) is 84.4 cm³/mol. The van der Waals surface area contributed by atoms with E-state index in [1.807, 2.05) is 30.3 Å². The number of ether oxygens (including phenoxy) is 1. The second-order valence-corrected chi connectivity index (χ2v) is 5.69. The summed E-state index contributed by atoms with van der Waals surface area (Å²) in [6, 6.07) is 11.2. The van der Waals surface area contributed by atoms with Gasteiger partial charge >= 0.3 is 5.97 Å². The van der Waals surface area contributed by atoms with E-state index in [1.165, 1.54) is 6.08 Å². The van der Waals surface area contributed by atoms with Crippen LogP contribution in [0.15, 0.2) is 51.4 Å². The lowest BCUT2D eigenvalue weighted by Gasteiger charge is -2.01. The first kappa shape index (κ1) is 14.3. The minimum absolute atomic E-state index is 0.256. The molecule has 5 heteroatoms. The maximum atomic E-state index is 11.5. The van der Waals surface area contributed by atoms with E-state index in [-0.39, 0.29) is 6.61 Å². The van der Waals surface area contributed by atoms with Gasteiger partial charge in [0.1, 0.15) is 12.4 Å². The Morgan fingerprint density at radius 1 is 1.26 bits per heavy atom. The smallest absolute Gasteiger partial charge is 0.331 e. The Kier molecular flexibility index (Phi) is 5.21. The van der Waals surface area contributed by atoms with Crippen LogP contribution >= 0.6 is 38.5 Å². The van der Waals surface area contributed by atoms with E-state index in [4.69, 9.17) is 9.15 Å². The van der Waals surface area contributed by atoms with Gasteiger partial charge in [0.2, 0.25) is 0 Å². The fourth-order valence-corrected chi connectivity index (χ4v) is 2.05. The minimum Gasteiger partial charge on any atom is -0.458 e. The van der Waals surface area contributed by atoms with Crippen LogP contribution in [0.5, 0.6) is 0 Å². The number of carbonyl (C=O) groups is 1. The van der Waals surface area contributed by atoms with Gasteiger partial charge in [-0.25, -0.2) is 4.79 Å². The van der Waals surface area contributed by atoms with Crippen molar-refractivity contribution < 1.29 is 13.9 Å². The van der Waals surface area contributed by atoms with Crippen molar-refractivity contribution in [2.24, 2.45) is 0 Å². The molecule has 19 heavy (non-hydrogen) atoms. The van der Waals surface area contributed by atoms with Crippen molar-refractivity contribution in [1.82, 2.24) is 0 Å². The van der Waals surface area contributed by atoms with Crippen molar-refractivity contribution in [2.45, 2.75) is 6.61 Å². The van der Waals surface area contributed by atoms with Crippen LogP contribution in [0.1, 0.15) is 11.3 Å². The molecular formula is C14H10BrIO3. The predicted octanol–water partition coefficient (Wildman–Crippen LogP) is 4.40. The molecular weight excluding hydrogens is 423 g/mol. The first-order chi connectivity index (χ1) is 9.13. The summed E-state index contributed by atoms with van der Waals surface area (Å²) in [4.78, 5) is 11.5. The van der Waals surface area contributed by atoms with Crippen LogP contribution < -0.4 is 0 Å². The Hall–Kier alpha value is -1.08. The highest BCUT2D eigenvalue weighted by Gasteiger charge is 2.00. The highest BCUT2D eigenvalue weighted by Crippen LogP contribution is 2.12. The van der Waals surface area contributed by atoms with E-state index in [0.717, 1.165) is 13.8 Å². The molecule has 0 aliphatic heterocycles. The molecule has 0 N–H and O–H groups in total. The number of rotatable bonds is 4. The molecule has 0 aliphatic carbocycles. The van der Waals surface area contributed by atoms with Gasteiger partial charge in [-0.1, -0.05) is 28.1 Å². The molecule has 2 rings (SSSR count). The number of halogens is 2. The second-order valence-electron chi connectivity index (χ2n) is 3.71. The summed E-state index contributed by atoms with van der Waals surface area (Å²) in [5, 5.41) is 0. The van der Waals surface area contributed by atoms with Gasteiger partial charge in [-0.3, -0.25) is 0 Å². The van der Waals surface area contributed by atoms with Crippen LogP contribution in [0, 0.1) is 3.77 Å². The van der Waals surface area contributed by atoms with Crippen molar-refractivity contribution >= 4 is 50.6 Å². The second kappa shape index (κ2) is 6.91. The van der Waals surface area contributed by atoms with Gasteiger partial charge in [0.25, 0.3) is 0 Å². The molecule has 0 saturated heterocycles. The first-order valence-electron chi connectivity index (χ1n) is 5.48. The third kappa shape index (κ3) is 4.83. The molecule has 0 saturated carbocycles. The van der Waals surface area contributed by atoms with Gasteiger partial charge in [0.05, 0.1) is 0 Å². The van der Waals surface area contributed by atoms with Crippen LogP contribution in [0.3, 0.4) is 0 Å². The first-order valence-corrected chi connectivity index (χ1v) is 7.35. The Morgan fingerprint density at radius 2 is 2.00 bits per heavy atom. The number of carbonyl (C=O) groups excluding carboxylic acids is 1. The summed E-state index contributed by atoms with van der Waals surface area (Å²) in [7, 11) is 0. The molecule has 3 nitrogen and oxygen atoms in total. The molecule has 0 atom stereocenters. The Morgan fingerprint density at radius 3 is 2.63 bits per heavy atom.